The van der Waals surface area contributed by atoms with Crippen LogP contribution in [0.4, 0.5) is 0 Å². The summed E-state index contributed by atoms with van der Waals surface area (Å²) in [6.45, 7) is 8.12. The Labute approximate surface area is 130 Å². The Kier molecular flexibility index (Phi) is 5.81. The van der Waals surface area contributed by atoms with Crippen molar-refractivity contribution >= 4 is 23.4 Å². The molecule has 116 valence electrons. The molecule has 5 heteroatoms. The number of rotatable bonds is 4. The van der Waals surface area contributed by atoms with Crippen LogP contribution in [0.25, 0.3) is 11.0 Å². The van der Waals surface area contributed by atoms with Crippen LogP contribution in [-0.4, -0.2) is 12.6 Å². The van der Waals surface area contributed by atoms with Crippen LogP contribution in [-0.2, 0) is 0 Å². The molecule has 0 saturated carbocycles. The number of hydrogen-bond donors (Lipinski definition) is 1. The van der Waals surface area contributed by atoms with Crippen molar-refractivity contribution in [3.63, 3.8) is 0 Å². The van der Waals surface area contributed by atoms with Gasteiger partial charge in [-0.2, -0.15) is 0 Å². The van der Waals surface area contributed by atoms with E-state index >= 15 is 0 Å². The molecular weight excluding hydrogens is 290 g/mol. The third-order valence-electron chi connectivity index (χ3n) is 3.65. The fourth-order valence-electron chi connectivity index (χ4n) is 2.14. The van der Waals surface area contributed by atoms with Crippen molar-refractivity contribution < 1.29 is 9.15 Å². The van der Waals surface area contributed by atoms with Gasteiger partial charge < -0.3 is 14.9 Å². The third-order valence-corrected chi connectivity index (χ3v) is 3.65. The van der Waals surface area contributed by atoms with E-state index in [1.807, 2.05) is 32.9 Å². The zero-order valence-electron chi connectivity index (χ0n) is 12.9. The molecule has 2 aromatic rings. The molecule has 0 aliphatic heterocycles. The summed E-state index contributed by atoms with van der Waals surface area (Å²) in [5.74, 6) is 0.740. The molecule has 2 N–H and O–H groups in total. The summed E-state index contributed by atoms with van der Waals surface area (Å²) in [6, 6.07) is 3.97. The van der Waals surface area contributed by atoms with Gasteiger partial charge in [-0.15, -0.1) is 12.4 Å². The smallest absolute Gasteiger partial charge is 0.339 e. The molecule has 1 aromatic carbocycles. The number of benzene rings is 1. The van der Waals surface area contributed by atoms with Gasteiger partial charge in [-0.25, -0.2) is 4.79 Å². The van der Waals surface area contributed by atoms with E-state index in [1.165, 1.54) is 0 Å². The van der Waals surface area contributed by atoms with Crippen LogP contribution in [0.2, 0.25) is 0 Å². The third kappa shape index (κ3) is 3.57. The van der Waals surface area contributed by atoms with Crippen molar-refractivity contribution in [1.82, 2.24) is 0 Å². The summed E-state index contributed by atoms with van der Waals surface area (Å²) in [6.07, 6.45) is 0.786. The molecule has 1 aromatic heterocycles. The minimum absolute atomic E-state index is 0. The highest BCUT2D eigenvalue weighted by atomic mass is 35.5. The number of hydrogen-bond acceptors (Lipinski definition) is 4. The number of halogens is 1. The molecule has 1 atom stereocenters. The van der Waals surface area contributed by atoms with Gasteiger partial charge in [0.15, 0.2) is 0 Å². The van der Waals surface area contributed by atoms with Gasteiger partial charge in [0.25, 0.3) is 0 Å². The van der Waals surface area contributed by atoms with Crippen LogP contribution >= 0.6 is 12.4 Å². The largest absolute Gasteiger partial charge is 0.493 e. The molecule has 0 aliphatic rings. The topological polar surface area (TPSA) is 65.5 Å². The highest BCUT2D eigenvalue weighted by Gasteiger charge is 2.12. The van der Waals surface area contributed by atoms with Crippen molar-refractivity contribution in [1.29, 1.82) is 0 Å². The first-order valence-electron chi connectivity index (χ1n) is 6.83. The molecule has 21 heavy (non-hydrogen) atoms. The van der Waals surface area contributed by atoms with Gasteiger partial charge in [-0.3, -0.25) is 0 Å². The van der Waals surface area contributed by atoms with E-state index in [1.54, 1.807) is 6.92 Å². The van der Waals surface area contributed by atoms with Crippen molar-refractivity contribution in [3.8, 4) is 5.75 Å². The summed E-state index contributed by atoms with van der Waals surface area (Å²) < 4.78 is 11.1. The molecule has 0 spiro atoms. The van der Waals surface area contributed by atoms with Gasteiger partial charge in [-0.05, 0) is 51.8 Å². The first-order chi connectivity index (χ1) is 9.41. The fourth-order valence-corrected chi connectivity index (χ4v) is 2.14. The van der Waals surface area contributed by atoms with Crippen LogP contribution < -0.4 is 16.1 Å². The molecular formula is C16H22ClNO3. The maximum Gasteiger partial charge on any atom is 0.339 e. The number of aryl methyl sites for hydroxylation is 2. The van der Waals surface area contributed by atoms with Gasteiger partial charge in [0, 0.05) is 22.6 Å². The van der Waals surface area contributed by atoms with Crippen LogP contribution in [0.5, 0.6) is 5.75 Å². The highest BCUT2D eigenvalue weighted by molar-refractivity contribution is 5.85. The average Bonchev–Trinajstić information content (AvgIpc) is 2.39. The monoisotopic (exact) mass is 311 g/mol. The van der Waals surface area contributed by atoms with E-state index in [-0.39, 0.29) is 24.1 Å². The second-order valence-corrected chi connectivity index (χ2v) is 5.32. The van der Waals surface area contributed by atoms with Gasteiger partial charge >= 0.3 is 5.63 Å². The predicted octanol–water partition coefficient (Wildman–Crippen LogP) is 3.26. The second kappa shape index (κ2) is 6.96. The van der Waals surface area contributed by atoms with Gasteiger partial charge in [0.05, 0.1) is 6.61 Å². The zero-order chi connectivity index (χ0) is 14.9. The first-order valence-corrected chi connectivity index (χ1v) is 6.83. The summed E-state index contributed by atoms with van der Waals surface area (Å²) in [5.41, 5.74) is 8.49. The van der Waals surface area contributed by atoms with Crippen molar-refractivity contribution in [2.24, 2.45) is 5.73 Å². The molecule has 0 amide bonds. The minimum Gasteiger partial charge on any atom is -0.493 e. The summed E-state index contributed by atoms with van der Waals surface area (Å²) in [5, 5.41) is 0.958. The van der Waals surface area contributed by atoms with Gasteiger partial charge in [0.2, 0.25) is 0 Å². The molecule has 0 aliphatic carbocycles. The SMILES string of the molecule is Cc1c(C)c2ccc(OCCC(C)N)c(C)c2oc1=O.Cl. The van der Waals surface area contributed by atoms with Crippen molar-refractivity contribution in [2.75, 3.05) is 6.61 Å². The Balaban J connectivity index is 0.00000220. The molecule has 0 radical (unpaired) electrons. The quantitative estimate of drug-likeness (QED) is 0.880. The van der Waals surface area contributed by atoms with Crippen LogP contribution in [0, 0.1) is 20.8 Å². The first kappa shape index (κ1) is 17.5. The van der Waals surface area contributed by atoms with E-state index in [9.17, 15) is 4.79 Å². The lowest BCUT2D eigenvalue weighted by Gasteiger charge is -2.13. The molecule has 0 saturated heterocycles. The predicted molar refractivity (Wildman–Crippen MR) is 87.7 cm³/mol. The Morgan fingerprint density at radius 2 is 1.86 bits per heavy atom. The van der Waals surface area contributed by atoms with Gasteiger partial charge in [-0.1, -0.05) is 0 Å². The maximum atomic E-state index is 11.8. The average molecular weight is 312 g/mol. The standard InChI is InChI=1S/C16H21NO3.ClH/c1-9(17)7-8-19-14-6-5-13-10(2)11(3)16(18)20-15(13)12(14)4;/h5-6,9H,7-8,17H2,1-4H3;1H. The Morgan fingerprint density at radius 3 is 2.48 bits per heavy atom. The second-order valence-electron chi connectivity index (χ2n) is 5.32. The molecule has 0 fully saturated rings. The molecule has 4 nitrogen and oxygen atoms in total. The lowest BCUT2D eigenvalue weighted by Crippen LogP contribution is -2.18. The van der Waals surface area contributed by atoms with Crippen molar-refractivity contribution in [2.45, 2.75) is 40.2 Å². The summed E-state index contributed by atoms with van der Waals surface area (Å²) in [4.78, 5) is 11.8. The van der Waals surface area contributed by atoms with E-state index in [0.717, 1.165) is 28.7 Å². The lowest BCUT2D eigenvalue weighted by atomic mass is 10.0. The number of ether oxygens (including phenoxy) is 1. The van der Waals surface area contributed by atoms with Gasteiger partial charge in [0.1, 0.15) is 11.3 Å². The summed E-state index contributed by atoms with van der Waals surface area (Å²) in [7, 11) is 0. The maximum absolute atomic E-state index is 11.8. The van der Waals surface area contributed by atoms with Crippen LogP contribution in [0.1, 0.15) is 30.0 Å². The van der Waals surface area contributed by atoms with Crippen molar-refractivity contribution in [3.05, 3.63) is 39.2 Å². The minimum atomic E-state index is -0.286. The highest BCUT2D eigenvalue weighted by Crippen LogP contribution is 2.29. The number of nitrogens with two attached hydrogens (primary N) is 1. The van der Waals surface area contributed by atoms with E-state index in [0.29, 0.717) is 17.8 Å². The molecule has 2 rings (SSSR count). The van der Waals surface area contributed by atoms with E-state index in [2.05, 4.69) is 0 Å². The Hall–Kier alpha value is -1.52. The van der Waals surface area contributed by atoms with Crippen LogP contribution in [0.3, 0.4) is 0 Å². The molecule has 1 heterocycles. The van der Waals surface area contributed by atoms with E-state index in [4.69, 9.17) is 14.9 Å². The van der Waals surface area contributed by atoms with Crippen LogP contribution in [0.15, 0.2) is 21.3 Å². The molecule has 0 bridgehead atoms. The number of fused-ring (bicyclic) bond motifs is 1. The Morgan fingerprint density at radius 1 is 1.19 bits per heavy atom. The van der Waals surface area contributed by atoms with E-state index < -0.39 is 0 Å². The zero-order valence-corrected chi connectivity index (χ0v) is 13.7. The fraction of sp³-hybridized carbons (Fsp3) is 0.438. The summed E-state index contributed by atoms with van der Waals surface area (Å²) >= 11 is 0. The Bertz CT molecular complexity index is 692. The normalized spacial score (nSPS) is 12.0. The lowest BCUT2D eigenvalue weighted by molar-refractivity contribution is 0.299. The molecule has 1 unspecified atom stereocenters.